The monoisotopic (exact) mass is 433 g/mol. The molecule has 9 heteroatoms. The summed E-state index contributed by atoms with van der Waals surface area (Å²) >= 11 is 0. The van der Waals surface area contributed by atoms with Gasteiger partial charge in [0, 0.05) is 32.6 Å². The maximum absolute atomic E-state index is 5.61. The molecule has 2 heterocycles. The third-order valence-corrected chi connectivity index (χ3v) is 5.64. The summed E-state index contributed by atoms with van der Waals surface area (Å²) in [5, 5.41) is 19.2. The maximum Gasteiger partial charge on any atom is 0.231 e. The van der Waals surface area contributed by atoms with Gasteiger partial charge in [0.15, 0.2) is 0 Å². The van der Waals surface area contributed by atoms with Crippen LogP contribution in [-0.2, 0) is 28.2 Å². The first-order chi connectivity index (χ1) is 15.6. The smallest absolute Gasteiger partial charge is 0.231 e. The van der Waals surface area contributed by atoms with Gasteiger partial charge >= 0.3 is 0 Å². The summed E-state index contributed by atoms with van der Waals surface area (Å²) < 4.78 is 13.1. The van der Waals surface area contributed by atoms with Crippen molar-refractivity contribution in [1.29, 1.82) is 0 Å². The van der Waals surface area contributed by atoms with E-state index in [2.05, 4.69) is 57.9 Å². The van der Waals surface area contributed by atoms with Gasteiger partial charge in [0.1, 0.15) is 5.82 Å². The number of aryl methyl sites for hydroxylation is 1. The molecular weight excluding hydrogens is 406 g/mol. The van der Waals surface area contributed by atoms with E-state index in [-0.39, 0.29) is 0 Å². The number of H-pyrrole nitrogens is 1. The van der Waals surface area contributed by atoms with Crippen LogP contribution in [0.15, 0.2) is 48.5 Å². The summed E-state index contributed by atoms with van der Waals surface area (Å²) in [6, 6.07) is 16.4. The molecule has 166 valence electrons. The van der Waals surface area contributed by atoms with E-state index in [1.165, 1.54) is 0 Å². The van der Waals surface area contributed by atoms with Crippen LogP contribution in [-0.4, -0.2) is 49.6 Å². The van der Waals surface area contributed by atoms with Crippen LogP contribution in [0, 0.1) is 0 Å². The second kappa shape index (κ2) is 9.37. The minimum atomic E-state index is -0.933. The molecule has 4 aromatic rings. The van der Waals surface area contributed by atoms with Crippen molar-refractivity contribution in [3.8, 4) is 22.5 Å². The lowest BCUT2D eigenvalue weighted by atomic mass is 9.98. The number of nitrogens with one attached hydrogen (secondary N) is 1. The highest BCUT2D eigenvalue weighted by molar-refractivity contribution is 5.80. The molecule has 0 bridgehead atoms. The predicted octanol–water partition coefficient (Wildman–Crippen LogP) is 3.59. The molecule has 32 heavy (non-hydrogen) atoms. The number of benzene rings is 2. The van der Waals surface area contributed by atoms with Crippen molar-refractivity contribution in [3.63, 3.8) is 0 Å². The third kappa shape index (κ3) is 4.04. The first-order valence-electron chi connectivity index (χ1n) is 10.6. The Kier molecular flexibility index (Phi) is 6.38. The number of methoxy groups -OCH3 is 2. The Morgan fingerprint density at radius 3 is 2.28 bits per heavy atom. The minimum absolute atomic E-state index is 0.549. The standard InChI is InChI=1S/C23H27N7O2/c1-5-20-24-22(23(6-2,31-3)32-4)27-30(20)15-16-11-13-17(14-12-16)18-9-7-8-10-19(18)21-25-28-29-26-21/h7-14H,5-6,15H2,1-4H3,(H,25,26,28,29). The van der Waals surface area contributed by atoms with E-state index < -0.39 is 5.79 Å². The number of hydrogen-bond donors (Lipinski definition) is 1. The molecule has 0 aliphatic rings. The van der Waals surface area contributed by atoms with Crippen molar-refractivity contribution >= 4 is 0 Å². The van der Waals surface area contributed by atoms with E-state index in [1.807, 2.05) is 29.8 Å². The molecule has 2 aromatic heterocycles. The molecule has 0 spiro atoms. The van der Waals surface area contributed by atoms with Crippen molar-refractivity contribution in [2.24, 2.45) is 0 Å². The number of nitrogens with zero attached hydrogens (tertiary/aromatic N) is 6. The number of hydrogen-bond acceptors (Lipinski definition) is 7. The average molecular weight is 434 g/mol. The van der Waals surface area contributed by atoms with Gasteiger partial charge in [0.05, 0.1) is 6.54 Å². The van der Waals surface area contributed by atoms with E-state index in [1.54, 1.807) is 14.2 Å². The fourth-order valence-corrected chi connectivity index (χ4v) is 3.80. The topological polar surface area (TPSA) is 104 Å². The van der Waals surface area contributed by atoms with Crippen LogP contribution in [0.5, 0.6) is 0 Å². The molecule has 0 fully saturated rings. The molecule has 0 amide bonds. The van der Waals surface area contributed by atoms with Gasteiger partial charge in [-0.1, -0.05) is 62.4 Å². The van der Waals surface area contributed by atoms with Crippen molar-refractivity contribution in [1.82, 2.24) is 35.4 Å². The number of rotatable bonds is 9. The van der Waals surface area contributed by atoms with Gasteiger partial charge < -0.3 is 9.47 Å². The normalized spacial score (nSPS) is 11.8. The molecule has 2 aromatic carbocycles. The second-order valence-electron chi connectivity index (χ2n) is 7.36. The molecule has 0 aliphatic heterocycles. The Morgan fingerprint density at radius 2 is 1.69 bits per heavy atom. The molecule has 0 unspecified atom stereocenters. The quantitative estimate of drug-likeness (QED) is 0.402. The largest absolute Gasteiger partial charge is 0.347 e. The van der Waals surface area contributed by atoms with E-state index in [9.17, 15) is 0 Å². The van der Waals surface area contributed by atoms with Crippen LogP contribution in [0.4, 0.5) is 0 Å². The number of tetrazole rings is 1. The lowest BCUT2D eigenvalue weighted by Crippen LogP contribution is -2.31. The Hall–Kier alpha value is -3.43. The van der Waals surface area contributed by atoms with Crippen molar-refractivity contribution in [2.45, 2.75) is 39.0 Å². The molecule has 1 N–H and O–H groups in total. The minimum Gasteiger partial charge on any atom is -0.347 e. The molecule has 0 saturated carbocycles. The fraction of sp³-hybridized carbons (Fsp3) is 0.348. The van der Waals surface area contributed by atoms with Crippen molar-refractivity contribution < 1.29 is 9.47 Å². The molecule has 0 saturated heterocycles. The summed E-state index contributed by atoms with van der Waals surface area (Å²) in [5.41, 5.74) is 4.17. The predicted molar refractivity (Wildman–Crippen MR) is 120 cm³/mol. The van der Waals surface area contributed by atoms with Gasteiger partial charge in [0.2, 0.25) is 17.4 Å². The molecule has 9 nitrogen and oxygen atoms in total. The number of aromatic nitrogens is 7. The molecule has 4 rings (SSSR count). The highest BCUT2D eigenvalue weighted by Gasteiger charge is 2.35. The van der Waals surface area contributed by atoms with Crippen molar-refractivity contribution in [3.05, 3.63) is 65.7 Å². The highest BCUT2D eigenvalue weighted by atomic mass is 16.7. The Morgan fingerprint density at radius 1 is 0.969 bits per heavy atom. The van der Waals surface area contributed by atoms with Crippen molar-refractivity contribution in [2.75, 3.05) is 14.2 Å². The van der Waals surface area contributed by atoms with E-state index in [4.69, 9.17) is 19.6 Å². The molecule has 0 atom stereocenters. The van der Waals surface area contributed by atoms with Crippen LogP contribution >= 0.6 is 0 Å². The van der Waals surface area contributed by atoms with Crippen LogP contribution < -0.4 is 0 Å². The Balaban J connectivity index is 1.61. The SMILES string of the molecule is CCc1nc(C(CC)(OC)OC)nn1Cc1ccc(-c2ccccc2-c2nn[nH]n2)cc1. The summed E-state index contributed by atoms with van der Waals surface area (Å²) in [7, 11) is 3.23. The first kappa shape index (κ1) is 21.8. The van der Waals surface area contributed by atoms with Crippen LogP contribution in [0.3, 0.4) is 0 Å². The molecule has 0 radical (unpaired) electrons. The highest BCUT2D eigenvalue weighted by Crippen LogP contribution is 2.30. The summed E-state index contributed by atoms with van der Waals surface area (Å²) in [5.74, 6) is 1.08. The third-order valence-electron chi connectivity index (χ3n) is 5.64. The van der Waals surface area contributed by atoms with E-state index >= 15 is 0 Å². The van der Waals surface area contributed by atoms with Gasteiger partial charge in [-0.15, -0.1) is 15.3 Å². The maximum atomic E-state index is 5.61. The van der Waals surface area contributed by atoms with Crippen LogP contribution in [0.1, 0.15) is 37.5 Å². The number of aromatic amines is 1. The Bertz CT molecular complexity index is 1140. The van der Waals surface area contributed by atoms with Gasteiger partial charge in [-0.2, -0.15) is 5.21 Å². The Labute approximate surface area is 186 Å². The molecular formula is C23H27N7O2. The zero-order chi connectivity index (χ0) is 22.6. The fourth-order valence-electron chi connectivity index (χ4n) is 3.80. The average Bonchev–Trinajstić information content (AvgIpc) is 3.52. The lowest BCUT2D eigenvalue weighted by Gasteiger charge is -2.26. The summed E-state index contributed by atoms with van der Waals surface area (Å²) in [4.78, 5) is 4.69. The van der Waals surface area contributed by atoms with Gasteiger partial charge in [-0.25, -0.2) is 9.67 Å². The van der Waals surface area contributed by atoms with Crippen LogP contribution in [0.2, 0.25) is 0 Å². The second-order valence-corrected chi connectivity index (χ2v) is 7.36. The number of ether oxygens (including phenoxy) is 2. The zero-order valence-corrected chi connectivity index (χ0v) is 18.7. The summed E-state index contributed by atoms with van der Waals surface area (Å²) in [6.07, 6.45) is 1.37. The van der Waals surface area contributed by atoms with E-state index in [0.717, 1.165) is 34.5 Å². The first-order valence-corrected chi connectivity index (χ1v) is 10.6. The summed E-state index contributed by atoms with van der Waals surface area (Å²) in [6.45, 7) is 4.66. The zero-order valence-electron chi connectivity index (χ0n) is 18.7. The molecule has 0 aliphatic carbocycles. The van der Waals surface area contributed by atoms with Crippen LogP contribution in [0.25, 0.3) is 22.5 Å². The lowest BCUT2D eigenvalue weighted by molar-refractivity contribution is -0.222. The van der Waals surface area contributed by atoms with E-state index in [0.29, 0.717) is 24.6 Å². The van der Waals surface area contributed by atoms with Gasteiger partial charge in [-0.3, -0.25) is 0 Å². The van der Waals surface area contributed by atoms with Gasteiger partial charge in [0.25, 0.3) is 0 Å². The van der Waals surface area contributed by atoms with Gasteiger partial charge in [-0.05, 0) is 21.9 Å².